The molecule has 1 N–H and O–H groups in total. The summed E-state index contributed by atoms with van der Waals surface area (Å²) in [6.45, 7) is 3.25. The van der Waals surface area contributed by atoms with E-state index in [1.54, 1.807) is 30.2 Å². The van der Waals surface area contributed by atoms with Crippen LogP contribution < -0.4 is 9.47 Å². The zero-order chi connectivity index (χ0) is 20.9. The van der Waals surface area contributed by atoms with Gasteiger partial charge in [-0.3, -0.25) is 9.59 Å². The molecule has 0 spiro atoms. The van der Waals surface area contributed by atoms with Crippen LogP contribution in [0, 0.1) is 0 Å². The standard InChI is InChI=1S/C23H27NO5/c1-3-15-29-20-16-18(28-2)9-10-19(20)21(25)24-13-11-23(12-14-24,22(26)27)17-7-5-4-6-8-17/h4-10,16H,3,11-15H2,1-2H3,(H,26,27). The minimum absolute atomic E-state index is 0.147. The molecule has 2 aromatic carbocycles. The van der Waals surface area contributed by atoms with E-state index < -0.39 is 11.4 Å². The highest BCUT2D eigenvalue weighted by Gasteiger charge is 2.44. The summed E-state index contributed by atoms with van der Waals surface area (Å²) in [5, 5.41) is 9.95. The zero-order valence-electron chi connectivity index (χ0n) is 16.9. The number of hydrogen-bond acceptors (Lipinski definition) is 4. The molecule has 0 aromatic heterocycles. The molecule has 1 fully saturated rings. The Morgan fingerprint density at radius 1 is 1.10 bits per heavy atom. The third-order valence-electron chi connectivity index (χ3n) is 5.52. The van der Waals surface area contributed by atoms with E-state index in [1.165, 1.54) is 0 Å². The van der Waals surface area contributed by atoms with Gasteiger partial charge < -0.3 is 19.5 Å². The molecule has 1 amide bonds. The minimum atomic E-state index is -0.959. The van der Waals surface area contributed by atoms with E-state index in [1.807, 2.05) is 37.3 Å². The van der Waals surface area contributed by atoms with Crippen molar-refractivity contribution in [1.82, 2.24) is 4.90 Å². The molecule has 1 aliphatic heterocycles. The van der Waals surface area contributed by atoms with Crippen LogP contribution in [-0.2, 0) is 10.2 Å². The van der Waals surface area contributed by atoms with Crippen molar-refractivity contribution in [3.8, 4) is 11.5 Å². The minimum Gasteiger partial charge on any atom is -0.497 e. The second kappa shape index (κ2) is 8.99. The molecule has 2 aromatic rings. The maximum Gasteiger partial charge on any atom is 0.314 e. The Hall–Kier alpha value is -3.02. The zero-order valence-corrected chi connectivity index (χ0v) is 16.9. The predicted octanol–water partition coefficient (Wildman–Crippen LogP) is 3.74. The van der Waals surface area contributed by atoms with E-state index in [4.69, 9.17) is 9.47 Å². The van der Waals surface area contributed by atoms with Crippen molar-refractivity contribution in [1.29, 1.82) is 0 Å². The van der Waals surface area contributed by atoms with E-state index in [9.17, 15) is 14.7 Å². The number of piperidine rings is 1. The smallest absolute Gasteiger partial charge is 0.314 e. The van der Waals surface area contributed by atoms with Crippen LogP contribution in [0.2, 0.25) is 0 Å². The van der Waals surface area contributed by atoms with Crippen LogP contribution in [0.5, 0.6) is 11.5 Å². The summed E-state index contributed by atoms with van der Waals surface area (Å²) in [6, 6.07) is 14.5. The second-order valence-electron chi connectivity index (χ2n) is 7.26. The molecule has 154 valence electrons. The molecule has 0 bridgehead atoms. The number of methoxy groups -OCH3 is 1. The second-order valence-corrected chi connectivity index (χ2v) is 7.26. The molecule has 0 atom stereocenters. The van der Waals surface area contributed by atoms with Crippen molar-refractivity contribution in [3.05, 3.63) is 59.7 Å². The number of carboxylic acid groups (broad SMARTS) is 1. The maximum atomic E-state index is 13.2. The number of carboxylic acids is 1. The van der Waals surface area contributed by atoms with E-state index >= 15 is 0 Å². The summed E-state index contributed by atoms with van der Waals surface area (Å²) < 4.78 is 11.0. The van der Waals surface area contributed by atoms with Gasteiger partial charge in [0.2, 0.25) is 0 Å². The third-order valence-corrected chi connectivity index (χ3v) is 5.52. The van der Waals surface area contributed by atoms with Crippen LogP contribution >= 0.6 is 0 Å². The van der Waals surface area contributed by atoms with Gasteiger partial charge in [-0.1, -0.05) is 37.3 Å². The summed E-state index contributed by atoms with van der Waals surface area (Å²) in [5.41, 5.74) is 0.303. The van der Waals surface area contributed by atoms with Gasteiger partial charge in [-0.15, -0.1) is 0 Å². The first-order valence-corrected chi connectivity index (χ1v) is 9.91. The average molecular weight is 397 g/mol. The first-order valence-electron chi connectivity index (χ1n) is 9.91. The molecule has 0 aliphatic carbocycles. The fourth-order valence-corrected chi connectivity index (χ4v) is 3.78. The number of ether oxygens (including phenoxy) is 2. The van der Waals surface area contributed by atoms with Crippen molar-refractivity contribution in [2.45, 2.75) is 31.6 Å². The molecule has 6 nitrogen and oxygen atoms in total. The Balaban J connectivity index is 1.80. The molecular formula is C23H27NO5. The molecule has 0 radical (unpaired) electrons. The number of nitrogens with zero attached hydrogens (tertiary/aromatic N) is 1. The van der Waals surface area contributed by atoms with Crippen molar-refractivity contribution < 1.29 is 24.2 Å². The Bertz CT molecular complexity index is 857. The number of carbonyl (C=O) groups excluding carboxylic acids is 1. The van der Waals surface area contributed by atoms with Crippen LogP contribution in [0.3, 0.4) is 0 Å². The topological polar surface area (TPSA) is 76.1 Å². The van der Waals surface area contributed by atoms with Gasteiger partial charge in [0, 0.05) is 19.2 Å². The fraction of sp³-hybridized carbons (Fsp3) is 0.391. The van der Waals surface area contributed by atoms with Gasteiger partial charge in [0.1, 0.15) is 11.5 Å². The van der Waals surface area contributed by atoms with Gasteiger partial charge >= 0.3 is 5.97 Å². The third kappa shape index (κ3) is 4.21. The lowest BCUT2D eigenvalue weighted by Gasteiger charge is -2.39. The van der Waals surface area contributed by atoms with Crippen LogP contribution in [0.25, 0.3) is 0 Å². The highest BCUT2D eigenvalue weighted by atomic mass is 16.5. The predicted molar refractivity (Wildman–Crippen MR) is 110 cm³/mol. The number of likely N-dealkylation sites (tertiary alicyclic amines) is 1. The van der Waals surface area contributed by atoms with E-state index in [0.29, 0.717) is 49.6 Å². The number of benzene rings is 2. The molecule has 0 unspecified atom stereocenters. The Morgan fingerprint density at radius 3 is 2.38 bits per heavy atom. The summed E-state index contributed by atoms with van der Waals surface area (Å²) in [6.07, 6.45) is 1.57. The van der Waals surface area contributed by atoms with Gasteiger partial charge in [0.05, 0.1) is 24.7 Å². The first-order chi connectivity index (χ1) is 14.0. The maximum absolute atomic E-state index is 13.2. The Kier molecular flexibility index (Phi) is 6.42. The van der Waals surface area contributed by atoms with Gasteiger partial charge in [0.25, 0.3) is 5.91 Å². The highest BCUT2D eigenvalue weighted by Crippen LogP contribution is 2.37. The lowest BCUT2D eigenvalue weighted by Crippen LogP contribution is -2.49. The van der Waals surface area contributed by atoms with Crippen LogP contribution in [0.1, 0.15) is 42.1 Å². The number of rotatable bonds is 7. The van der Waals surface area contributed by atoms with Crippen molar-refractivity contribution in [2.24, 2.45) is 0 Å². The Morgan fingerprint density at radius 2 is 1.79 bits per heavy atom. The number of carbonyl (C=O) groups is 2. The number of aliphatic carboxylic acids is 1. The summed E-state index contributed by atoms with van der Waals surface area (Å²) >= 11 is 0. The molecule has 1 aliphatic rings. The SMILES string of the molecule is CCCOc1cc(OC)ccc1C(=O)N1CCC(C(=O)O)(c2ccccc2)CC1. The first kappa shape index (κ1) is 20.7. The average Bonchev–Trinajstić information content (AvgIpc) is 2.77. The normalized spacial score (nSPS) is 15.6. The lowest BCUT2D eigenvalue weighted by atomic mass is 9.72. The largest absolute Gasteiger partial charge is 0.497 e. The van der Waals surface area contributed by atoms with Gasteiger partial charge in [-0.25, -0.2) is 0 Å². The van der Waals surface area contributed by atoms with Crippen LogP contribution in [0.15, 0.2) is 48.5 Å². The molecule has 6 heteroatoms. The molecule has 1 heterocycles. The molecular weight excluding hydrogens is 370 g/mol. The lowest BCUT2D eigenvalue weighted by molar-refractivity contribution is -0.145. The van der Waals surface area contributed by atoms with Crippen LogP contribution in [0.4, 0.5) is 0 Å². The van der Waals surface area contributed by atoms with Crippen molar-refractivity contribution in [2.75, 3.05) is 26.8 Å². The van der Waals surface area contributed by atoms with Gasteiger partial charge in [-0.05, 0) is 37.0 Å². The van der Waals surface area contributed by atoms with E-state index in [0.717, 1.165) is 12.0 Å². The molecule has 0 saturated carbocycles. The van der Waals surface area contributed by atoms with E-state index in [2.05, 4.69) is 0 Å². The number of amides is 1. The Labute approximate surface area is 171 Å². The summed E-state index contributed by atoms with van der Waals surface area (Å²) in [4.78, 5) is 27.0. The van der Waals surface area contributed by atoms with Crippen LogP contribution in [-0.4, -0.2) is 48.7 Å². The molecule has 3 rings (SSSR count). The van der Waals surface area contributed by atoms with Gasteiger partial charge in [0.15, 0.2) is 0 Å². The summed E-state index contributed by atoms with van der Waals surface area (Å²) in [7, 11) is 1.57. The van der Waals surface area contributed by atoms with E-state index in [-0.39, 0.29) is 5.91 Å². The fourth-order valence-electron chi connectivity index (χ4n) is 3.78. The molecule has 29 heavy (non-hydrogen) atoms. The van der Waals surface area contributed by atoms with Crippen molar-refractivity contribution >= 4 is 11.9 Å². The highest BCUT2D eigenvalue weighted by molar-refractivity contribution is 5.97. The van der Waals surface area contributed by atoms with Gasteiger partial charge in [-0.2, -0.15) is 0 Å². The summed E-state index contributed by atoms with van der Waals surface area (Å²) in [5.74, 6) is 0.132. The molecule has 1 saturated heterocycles. The van der Waals surface area contributed by atoms with Crippen molar-refractivity contribution in [3.63, 3.8) is 0 Å². The monoisotopic (exact) mass is 397 g/mol. The quantitative estimate of drug-likeness (QED) is 0.770. The number of hydrogen-bond donors (Lipinski definition) is 1.